The van der Waals surface area contributed by atoms with Crippen LogP contribution >= 0.6 is 0 Å². The van der Waals surface area contributed by atoms with Crippen molar-refractivity contribution in [2.75, 3.05) is 39.6 Å². The molecule has 8 nitrogen and oxygen atoms in total. The lowest BCUT2D eigenvalue weighted by atomic mass is 9.89. The summed E-state index contributed by atoms with van der Waals surface area (Å²) < 4.78 is 68.3. The van der Waals surface area contributed by atoms with E-state index in [-0.39, 0.29) is 34.8 Å². The summed E-state index contributed by atoms with van der Waals surface area (Å²) in [6, 6.07) is 7.74. The number of hydrogen-bond donors (Lipinski definition) is 1. The number of rotatable bonds is 6. The molecule has 1 aromatic heterocycles. The zero-order valence-electron chi connectivity index (χ0n) is 22.8. The summed E-state index contributed by atoms with van der Waals surface area (Å²) in [5, 5.41) is 2.78. The highest BCUT2D eigenvalue weighted by Crippen LogP contribution is 2.57. The lowest BCUT2D eigenvalue weighted by Gasteiger charge is -2.29. The van der Waals surface area contributed by atoms with E-state index in [0.29, 0.717) is 17.5 Å². The van der Waals surface area contributed by atoms with Gasteiger partial charge in [0.05, 0.1) is 23.9 Å². The number of nitrogens with one attached hydrogen (secondary N) is 1. The molecule has 3 aliphatic rings. The van der Waals surface area contributed by atoms with Gasteiger partial charge in [-0.05, 0) is 75.0 Å². The summed E-state index contributed by atoms with van der Waals surface area (Å²) in [5.74, 6) is -1.51. The number of aromatic nitrogens is 2. The molecule has 1 saturated carbocycles. The number of nitrogens with zero attached hydrogens (tertiary/aromatic N) is 4. The molecule has 1 N–H and O–H groups in total. The number of hydrogen-bond acceptors (Lipinski definition) is 7. The van der Waals surface area contributed by atoms with Gasteiger partial charge < -0.3 is 24.6 Å². The van der Waals surface area contributed by atoms with Crippen molar-refractivity contribution < 1.29 is 31.8 Å². The van der Waals surface area contributed by atoms with Crippen molar-refractivity contribution in [1.82, 2.24) is 19.8 Å². The molecule has 1 aliphatic carbocycles. The van der Waals surface area contributed by atoms with Crippen molar-refractivity contribution >= 4 is 17.5 Å². The molecule has 6 rings (SSSR count). The van der Waals surface area contributed by atoms with Crippen LogP contribution in [0.3, 0.4) is 0 Å². The van der Waals surface area contributed by atoms with Crippen LogP contribution in [-0.2, 0) is 11.7 Å². The Morgan fingerprint density at radius 1 is 1.10 bits per heavy atom. The molecule has 2 fully saturated rings. The number of ether oxygens (including phenoxy) is 2. The van der Waals surface area contributed by atoms with Crippen LogP contribution in [0.1, 0.15) is 58.6 Å². The third-order valence-corrected chi connectivity index (χ3v) is 8.40. The summed E-state index contributed by atoms with van der Waals surface area (Å²) in [5.41, 5.74) is -0.0109. The Morgan fingerprint density at radius 2 is 1.83 bits per heavy atom. The maximum absolute atomic E-state index is 15.2. The van der Waals surface area contributed by atoms with Crippen LogP contribution in [0, 0.1) is 5.82 Å². The molecule has 0 radical (unpaired) electrons. The Kier molecular flexibility index (Phi) is 6.55. The number of methoxy groups -OCH3 is 1. The van der Waals surface area contributed by atoms with E-state index < -0.39 is 29.0 Å². The van der Waals surface area contributed by atoms with E-state index in [0.717, 1.165) is 44.3 Å². The molecule has 2 aromatic carbocycles. The van der Waals surface area contributed by atoms with E-state index in [9.17, 15) is 18.0 Å². The Bertz CT molecular complexity index is 1520. The molecule has 0 atom stereocenters. The number of anilines is 2. The molecular weight excluding hydrogens is 542 g/mol. The van der Waals surface area contributed by atoms with Crippen molar-refractivity contribution in [2.45, 2.75) is 43.3 Å². The van der Waals surface area contributed by atoms with Gasteiger partial charge in [0.1, 0.15) is 22.9 Å². The maximum Gasteiger partial charge on any atom is 0.423 e. The minimum atomic E-state index is -4.83. The highest BCUT2D eigenvalue weighted by molar-refractivity contribution is 6.03. The molecule has 1 saturated heterocycles. The fourth-order valence-corrected chi connectivity index (χ4v) is 5.88. The minimum Gasteiger partial charge on any atom is -0.495 e. The van der Waals surface area contributed by atoms with Gasteiger partial charge >= 0.3 is 6.18 Å². The smallest absolute Gasteiger partial charge is 0.423 e. The highest BCUT2D eigenvalue weighted by atomic mass is 19.4. The number of likely N-dealkylation sites (tertiary alicyclic amines) is 1. The largest absolute Gasteiger partial charge is 0.495 e. The summed E-state index contributed by atoms with van der Waals surface area (Å²) >= 11 is 0. The summed E-state index contributed by atoms with van der Waals surface area (Å²) in [7, 11) is 5.13. The molecule has 2 aliphatic heterocycles. The number of piperidine rings is 1. The van der Waals surface area contributed by atoms with Crippen LogP contribution in [0.15, 0.2) is 36.5 Å². The number of halogens is 4. The first-order valence-corrected chi connectivity index (χ1v) is 13.4. The molecule has 216 valence electrons. The second kappa shape index (κ2) is 9.86. The van der Waals surface area contributed by atoms with Crippen LogP contribution < -0.4 is 14.8 Å². The van der Waals surface area contributed by atoms with Gasteiger partial charge in [-0.2, -0.15) is 18.2 Å². The number of benzene rings is 2. The van der Waals surface area contributed by atoms with Gasteiger partial charge in [0.25, 0.3) is 5.91 Å². The van der Waals surface area contributed by atoms with E-state index in [1.54, 1.807) is 30.1 Å². The molecule has 41 heavy (non-hydrogen) atoms. The van der Waals surface area contributed by atoms with Gasteiger partial charge in [0, 0.05) is 19.3 Å². The Balaban J connectivity index is 1.33. The van der Waals surface area contributed by atoms with Gasteiger partial charge in [-0.1, -0.05) is 12.1 Å². The average Bonchev–Trinajstić information content (AvgIpc) is 3.71. The molecule has 3 aromatic rings. The standard InChI is InChI=1S/C29H29F4N5O3/c1-37-11-7-16(8-12-37)17-13-23(40-3)21(14-20(17)30)35-27-34-15-19(29(31,32)33)25(36-27)41-22-6-4-5-18-24(22)26(39)38(2)28(18)9-10-28/h4-6,13-16H,7-12H2,1-3H3,(H,34,35,36). The van der Waals surface area contributed by atoms with Gasteiger partial charge in [-0.15, -0.1) is 0 Å². The number of amides is 1. The quantitative estimate of drug-likeness (QED) is 0.360. The number of fused-ring (bicyclic) bond motifs is 2. The first-order valence-electron chi connectivity index (χ1n) is 13.4. The predicted octanol–water partition coefficient (Wildman–Crippen LogP) is 6.06. The Morgan fingerprint density at radius 3 is 2.49 bits per heavy atom. The van der Waals surface area contributed by atoms with Crippen molar-refractivity contribution in [3.63, 3.8) is 0 Å². The highest BCUT2D eigenvalue weighted by Gasteiger charge is 2.57. The molecule has 12 heteroatoms. The van der Waals surface area contributed by atoms with Crippen molar-refractivity contribution in [3.05, 3.63) is 64.6 Å². The third kappa shape index (κ3) is 4.73. The SMILES string of the molecule is COc1cc(C2CCN(C)CC2)c(F)cc1Nc1ncc(C(F)(F)F)c(Oc2cccc3c2C(=O)N(C)C32CC2)n1. The van der Waals surface area contributed by atoms with E-state index in [2.05, 4.69) is 20.2 Å². The molecule has 1 spiro atoms. The van der Waals surface area contributed by atoms with Crippen LogP contribution in [0.5, 0.6) is 17.4 Å². The third-order valence-electron chi connectivity index (χ3n) is 8.40. The Hall–Kier alpha value is -3.93. The van der Waals surface area contributed by atoms with Crippen LogP contribution in [0.4, 0.5) is 29.2 Å². The zero-order valence-corrected chi connectivity index (χ0v) is 22.8. The summed E-state index contributed by atoms with van der Waals surface area (Å²) in [6.45, 7) is 1.70. The Labute approximate surface area is 234 Å². The predicted molar refractivity (Wildman–Crippen MR) is 142 cm³/mol. The second-order valence-corrected chi connectivity index (χ2v) is 10.9. The van der Waals surface area contributed by atoms with E-state index in [1.807, 2.05) is 7.05 Å². The lowest BCUT2D eigenvalue weighted by Crippen LogP contribution is -2.29. The van der Waals surface area contributed by atoms with Gasteiger partial charge in [-0.25, -0.2) is 9.37 Å². The molecule has 0 unspecified atom stereocenters. The van der Waals surface area contributed by atoms with Crippen LogP contribution in [0.2, 0.25) is 0 Å². The fourth-order valence-electron chi connectivity index (χ4n) is 5.88. The molecular formula is C29H29F4N5O3. The van der Waals surface area contributed by atoms with E-state index in [4.69, 9.17) is 9.47 Å². The van der Waals surface area contributed by atoms with Crippen LogP contribution in [-0.4, -0.2) is 60.0 Å². The molecule has 1 amide bonds. The minimum absolute atomic E-state index is 0.0237. The molecule has 0 bridgehead atoms. The molecule has 3 heterocycles. The van der Waals surface area contributed by atoms with Crippen molar-refractivity contribution in [1.29, 1.82) is 0 Å². The monoisotopic (exact) mass is 571 g/mol. The second-order valence-electron chi connectivity index (χ2n) is 10.9. The van der Waals surface area contributed by atoms with Crippen molar-refractivity contribution in [2.24, 2.45) is 0 Å². The number of carbonyl (C=O) groups excluding carboxylic acids is 1. The zero-order chi connectivity index (χ0) is 29.1. The summed E-state index contributed by atoms with van der Waals surface area (Å²) in [6.07, 6.45) is -1.08. The van der Waals surface area contributed by atoms with Crippen LogP contribution in [0.25, 0.3) is 0 Å². The maximum atomic E-state index is 15.2. The van der Waals surface area contributed by atoms with Crippen molar-refractivity contribution in [3.8, 4) is 17.4 Å². The average molecular weight is 572 g/mol. The number of alkyl halides is 3. The first kappa shape index (κ1) is 27.3. The topological polar surface area (TPSA) is 79.8 Å². The first-order chi connectivity index (χ1) is 19.5. The van der Waals surface area contributed by atoms with Gasteiger partial charge in [-0.3, -0.25) is 4.79 Å². The number of carbonyl (C=O) groups is 1. The van der Waals surface area contributed by atoms with E-state index in [1.165, 1.54) is 19.2 Å². The normalized spacial score (nSPS) is 18.5. The fraction of sp³-hybridized carbons (Fsp3) is 0.414. The van der Waals surface area contributed by atoms with Gasteiger partial charge in [0.2, 0.25) is 11.8 Å². The summed E-state index contributed by atoms with van der Waals surface area (Å²) in [4.78, 5) is 24.7. The van der Waals surface area contributed by atoms with Gasteiger partial charge in [0.15, 0.2) is 0 Å². The van der Waals surface area contributed by atoms with E-state index >= 15 is 4.39 Å². The lowest BCUT2D eigenvalue weighted by molar-refractivity contribution is -0.139.